The van der Waals surface area contributed by atoms with Crippen LogP contribution >= 0.6 is 11.8 Å². The summed E-state index contributed by atoms with van der Waals surface area (Å²) < 4.78 is 5.21. The summed E-state index contributed by atoms with van der Waals surface area (Å²) in [6, 6.07) is 14.3. The Morgan fingerprint density at radius 1 is 1.06 bits per heavy atom. The first kappa shape index (κ1) is 24.0. The van der Waals surface area contributed by atoms with Gasteiger partial charge in [0.15, 0.2) is 6.61 Å². The molecule has 1 aliphatic heterocycles. The highest BCUT2D eigenvalue weighted by Crippen LogP contribution is 2.28. The van der Waals surface area contributed by atoms with Crippen LogP contribution in [0.2, 0.25) is 0 Å². The summed E-state index contributed by atoms with van der Waals surface area (Å²) >= 11 is 1.27. The molecule has 3 rings (SSSR count). The van der Waals surface area contributed by atoms with Crippen molar-refractivity contribution in [1.82, 2.24) is 4.90 Å². The highest BCUT2D eigenvalue weighted by atomic mass is 32.2. The molecule has 1 aliphatic rings. The number of hydrogen-bond donors (Lipinski definition) is 1. The molecule has 170 valence electrons. The zero-order valence-corrected chi connectivity index (χ0v) is 19.1. The average Bonchev–Trinajstić information content (AvgIpc) is 3.05. The van der Waals surface area contributed by atoms with Gasteiger partial charge in [-0.15, -0.1) is 11.8 Å². The van der Waals surface area contributed by atoms with E-state index in [-0.39, 0.29) is 29.2 Å². The van der Waals surface area contributed by atoms with Crippen molar-refractivity contribution in [2.45, 2.75) is 31.2 Å². The van der Waals surface area contributed by atoms with Gasteiger partial charge in [0, 0.05) is 4.90 Å². The number of hydrogen-bond acceptors (Lipinski definition) is 7. The first-order valence-electron chi connectivity index (χ1n) is 10.4. The Kier molecular flexibility index (Phi) is 7.85. The number of nitrogens with one attached hydrogen (secondary N) is 1. The van der Waals surface area contributed by atoms with Crippen LogP contribution in [0.4, 0.5) is 5.69 Å². The van der Waals surface area contributed by atoms with Gasteiger partial charge in [-0.05, 0) is 36.6 Å². The number of anilines is 1. The molecule has 0 saturated heterocycles. The fourth-order valence-electron chi connectivity index (χ4n) is 3.47. The van der Waals surface area contributed by atoms with Crippen LogP contribution in [-0.2, 0) is 14.3 Å². The SMILES string of the molecule is CC(C)C[C@H](C(=O)OCC(=O)Nc1ccccc1SCC#N)N1C(=O)c2ccccc2C1=O. The second kappa shape index (κ2) is 10.8. The highest BCUT2D eigenvalue weighted by molar-refractivity contribution is 7.99. The lowest BCUT2D eigenvalue weighted by Crippen LogP contribution is -2.46. The number of amides is 3. The first-order valence-corrected chi connectivity index (χ1v) is 11.3. The van der Waals surface area contributed by atoms with Crippen LogP contribution in [0.1, 0.15) is 41.0 Å². The normalized spacial score (nSPS) is 13.5. The van der Waals surface area contributed by atoms with Crippen molar-refractivity contribution >= 4 is 41.1 Å². The lowest BCUT2D eigenvalue weighted by Gasteiger charge is -2.25. The fraction of sp³-hybridized carbons (Fsp3) is 0.292. The number of para-hydroxylation sites is 1. The molecule has 2 aromatic rings. The number of fused-ring (bicyclic) bond motifs is 1. The zero-order chi connectivity index (χ0) is 24.0. The maximum atomic E-state index is 12.9. The van der Waals surface area contributed by atoms with Gasteiger partial charge in [-0.2, -0.15) is 5.26 Å². The monoisotopic (exact) mass is 465 g/mol. The van der Waals surface area contributed by atoms with E-state index in [0.29, 0.717) is 10.6 Å². The van der Waals surface area contributed by atoms with Gasteiger partial charge in [0.05, 0.1) is 28.6 Å². The predicted octanol–water partition coefficient (Wildman–Crippen LogP) is 3.49. The van der Waals surface area contributed by atoms with E-state index in [1.807, 2.05) is 19.9 Å². The lowest BCUT2D eigenvalue weighted by atomic mass is 10.0. The molecule has 8 nitrogen and oxygen atoms in total. The van der Waals surface area contributed by atoms with E-state index in [1.54, 1.807) is 48.5 Å². The number of thioether (sulfide) groups is 1. The first-order chi connectivity index (χ1) is 15.8. The maximum absolute atomic E-state index is 12.9. The molecule has 0 fully saturated rings. The molecule has 33 heavy (non-hydrogen) atoms. The minimum atomic E-state index is -1.14. The van der Waals surface area contributed by atoms with Crippen molar-refractivity contribution in [3.63, 3.8) is 0 Å². The van der Waals surface area contributed by atoms with Crippen molar-refractivity contribution in [3.8, 4) is 6.07 Å². The Morgan fingerprint density at radius 3 is 2.27 bits per heavy atom. The molecule has 9 heteroatoms. The molecule has 1 heterocycles. The molecule has 0 unspecified atom stereocenters. The van der Waals surface area contributed by atoms with Gasteiger partial charge in [0.2, 0.25) is 0 Å². The molecule has 3 amide bonds. The minimum absolute atomic E-state index is 0.00951. The van der Waals surface area contributed by atoms with Crippen LogP contribution in [-0.4, -0.2) is 47.0 Å². The molecule has 0 saturated carbocycles. The van der Waals surface area contributed by atoms with Crippen LogP contribution in [0.3, 0.4) is 0 Å². The Balaban J connectivity index is 1.68. The molecule has 1 N–H and O–H groups in total. The minimum Gasteiger partial charge on any atom is -0.454 e. The third-order valence-corrected chi connectivity index (χ3v) is 5.84. The summed E-state index contributed by atoms with van der Waals surface area (Å²) in [5.41, 5.74) is 0.986. The Hall–Kier alpha value is -3.64. The summed E-state index contributed by atoms with van der Waals surface area (Å²) in [6.45, 7) is 3.15. The molecular formula is C24H23N3O5S. The van der Waals surface area contributed by atoms with Crippen LogP contribution in [0.5, 0.6) is 0 Å². The van der Waals surface area contributed by atoms with Gasteiger partial charge < -0.3 is 10.1 Å². The van der Waals surface area contributed by atoms with E-state index in [2.05, 4.69) is 5.32 Å². The average molecular weight is 466 g/mol. The molecule has 2 aromatic carbocycles. The van der Waals surface area contributed by atoms with Gasteiger partial charge in [-0.25, -0.2) is 4.79 Å². The predicted molar refractivity (Wildman–Crippen MR) is 123 cm³/mol. The van der Waals surface area contributed by atoms with Crippen molar-refractivity contribution < 1.29 is 23.9 Å². The number of esters is 1. The standard InChI is InChI=1S/C24H23N3O5S/c1-15(2)13-19(27-22(29)16-7-3-4-8-17(16)23(27)30)24(31)32-14-21(28)26-18-9-5-6-10-20(18)33-12-11-25/h3-10,15,19H,12-14H2,1-2H3,(H,26,28)/t19-/m1/s1. The van der Waals surface area contributed by atoms with Gasteiger partial charge in [-0.3, -0.25) is 19.3 Å². The largest absolute Gasteiger partial charge is 0.454 e. The van der Waals surface area contributed by atoms with E-state index in [9.17, 15) is 19.2 Å². The molecule has 0 aliphatic carbocycles. The maximum Gasteiger partial charge on any atom is 0.329 e. The van der Waals surface area contributed by atoms with Gasteiger partial charge >= 0.3 is 5.97 Å². The van der Waals surface area contributed by atoms with E-state index in [4.69, 9.17) is 10.00 Å². The smallest absolute Gasteiger partial charge is 0.329 e. The Bertz CT molecular complexity index is 1090. The molecule has 1 atom stereocenters. The van der Waals surface area contributed by atoms with Crippen LogP contribution in [0.25, 0.3) is 0 Å². The van der Waals surface area contributed by atoms with Crippen LogP contribution in [0.15, 0.2) is 53.4 Å². The summed E-state index contributed by atoms with van der Waals surface area (Å²) in [4.78, 5) is 52.6. The van der Waals surface area contributed by atoms with Crippen molar-refractivity contribution in [2.75, 3.05) is 17.7 Å². The van der Waals surface area contributed by atoms with E-state index < -0.39 is 36.3 Å². The highest BCUT2D eigenvalue weighted by Gasteiger charge is 2.43. The second-order valence-electron chi connectivity index (χ2n) is 7.77. The van der Waals surface area contributed by atoms with E-state index in [1.165, 1.54) is 11.8 Å². The number of benzene rings is 2. The third kappa shape index (κ3) is 5.59. The topological polar surface area (TPSA) is 117 Å². The summed E-state index contributed by atoms with van der Waals surface area (Å²) in [5, 5.41) is 11.4. The molecule has 0 spiro atoms. The van der Waals surface area contributed by atoms with Crippen molar-refractivity contribution in [2.24, 2.45) is 5.92 Å². The number of nitriles is 1. The van der Waals surface area contributed by atoms with E-state index in [0.717, 1.165) is 4.90 Å². The molecule has 0 radical (unpaired) electrons. The van der Waals surface area contributed by atoms with Crippen LogP contribution < -0.4 is 5.32 Å². The summed E-state index contributed by atoms with van der Waals surface area (Å²) in [6.07, 6.45) is 0.208. The second-order valence-corrected chi connectivity index (χ2v) is 8.79. The summed E-state index contributed by atoms with van der Waals surface area (Å²) in [5.74, 6) is -2.28. The Labute approximate surface area is 195 Å². The molecular weight excluding hydrogens is 442 g/mol. The number of carbonyl (C=O) groups excluding carboxylic acids is 4. The summed E-state index contributed by atoms with van der Waals surface area (Å²) in [7, 11) is 0. The number of imide groups is 1. The third-order valence-electron chi connectivity index (χ3n) is 4.90. The number of ether oxygens (including phenoxy) is 1. The lowest BCUT2D eigenvalue weighted by molar-refractivity contribution is -0.151. The van der Waals surface area contributed by atoms with Crippen molar-refractivity contribution in [1.29, 1.82) is 5.26 Å². The van der Waals surface area contributed by atoms with Gasteiger partial charge in [0.25, 0.3) is 17.7 Å². The van der Waals surface area contributed by atoms with Gasteiger partial charge in [-0.1, -0.05) is 38.1 Å². The zero-order valence-electron chi connectivity index (χ0n) is 18.2. The van der Waals surface area contributed by atoms with Gasteiger partial charge in [0.1, 0.15) is 6.04 Å². The quantitative estimate of drug-likeness (QED) is 0.342. The van der Waals surface area contributed by atoms with Crippen LogP contribution in [0, 0.1) is 17.2 Å². The Morgan fingerprint density at radius 2 is 1.67 bits per heavy atom. The number of carbonyl (C=O) groups is 4. The van der Waals surface area contributed by atoms with Crippen molar-refractivity contribution in [3.05, 3.63) is 59.7 Å². The fourth-order valence-corrected chi connectivity index (χ4v) is 4.14. The number of nitrogens with zero attached hydrogens (tertiary/aromatic N) is 2. The molecule has 0 aromatic heterocycles. The van der Waals surface area contributed by atoms with E-state index >= 15 is 0 Å². The molecule has 0 bridgehead atoms. The number of rotatable bonds is 9.